The van der Waals surface area contributed by atoms with Gasteiger partial charge in [-0.25, -0.2) is 0 Å². The molecule has 1 amide bonds. The van der Waals surface area contributed by atoms with Crippen LogP contribution in [0.4, 0.5) is 5.69 Å². The molecule has 0 bridgehead atoms. The van der Waals surface area contributed by atoms with Crippen LogP contribution in [-0.2, 0) is 10.2 Å². The number of hydrogen-bond donors (Lipinski definition) is 1. The fourth-order valence-electron chi connectivity index (χ4n) is 3.59. The van der Waals surface area contributed by atoms with E-state index in [4.69, 9.17) is 4.74 Å². The van der Waals surface area contributed by atoms with Gasteiger partial charge in [-0.05, 0) is 49.1 Å². The summed E-state index contributed by atoms with van der Waals surface area (Å²) in [4.78, 5) is 13.1. The van der Waals surface area contributed by atoms with E-state index in [9.17, 15) is 4.79 Å². The maximum absolute atomic E-state index is 13.1. The standard InChI is InChI=1S/C20H23NO2/c1-15-14-17(10-11-18(15)23-2)21-19(22)20(12-6-7-13-20)16-8-4-3-5-9-16/h3-5,8-11,14H,6-7,12-13H2,1-2H3,(H,21,22). The van der Waals surface area contributed by atoms with E-state index < -0.39 is 5.41 Å². The number of carbonyl (C=O) groups excluding carboxylic acids is 1. The van der Waals surface area contributed by atoms with Crippen molar-refractivity contribution in [2.45, 2.75) is 38.0 Å². The molecule has 0 unspecified atom stereocenters. The minimum absolute atomic E-state index is 0.103. The Labute approximate surface area is 137 Å². The first-order valence-electron chi connectivity index (χ1n) is 8.17. The first kappa shape index (κ1) is 15.6. The van der Waals surface area contributed by atoms with Crippen LogP contribution in [0.3, 0.4) is 0 Å². The number of hydrogen-bond acceptors (Lipinski definition) is 2. The molecule has 23 heavy (non-hydrogen) atoms. The van der Waals surface area contributed by atoms with E-state index in [-0.39, 0.29) is 5.91 Å². The lowest BCUT2D eigenvalue weighted by atomic mass is 9.78. The van der Waals surface area contributed by atoms with Crippen molar-refractivity contribution in [3.05, 3.63) is 59.7 Å². The molecule has 1 aliphatic rings. The van der Waals surface area contributed by atoms with Crippen molar-refractivity contribution in [3.63, 3.8) is 0 Å². The van der Waals surface area contributed by atoms with E-state index in [1.54, 1.807) is 7.11 Å². The van der Waals surface area contributed by atoms with Gasteiger partial charge < -0.3 is 10.1 Å². The van der Waals surface area contributed by atoms with Crippen molar-refractivity contribution >= 4 is 11.6 Å². The highest BCUT2D eigenvalue weighted by molar-refractivity contribution is 5.99. The summed E-state index contributed by atoms with van der Waals surface area (Å²) in [5.74, 6) is 0.937. The molecule has 120 valence electrons. The molecule has 0 radical (unpaired) electrons. The molecular formula is C20H23NO2. The van der Waals surface area contributed by atoms with Crippen LogP contribution in [0.25, 0.3) is 0 Å². The molecule has 1 fully saturated rings. The topological polar surface area (TPSA) is 38.3 Å². The van der Waals surface area contributed by atoms with E-state index in [0.717, 1.165) is 48.2 Å². The third-order valence-corrected chi connectivity index (χ3v) is 4.87. The quantitative estimate of drug-likeness (QED) is 0.906. The van der Waals surface area contributed by atoms with Crippen molar-refractivity contribution in [1.29, 1.82) is 0 Å². The third kappa shape index (κ3) is 2.96. The molecule has 2 aromatic rings. The predicted octanol–water partition coefficient (Wildman–Crippen LogP) is 4.45. The van der Waals surface area contributed by atoms with E-state index in [1.807, 2.05) is 43.3 Å². The fraction of sp³-hybridized carbons (Fsp3) is 0.350. The predicted molar refractivity (Wildman–Crippen MR) is 92.9 cm³/mol. The van der Waals surface area contributed by atoms with Gasteiger partial charge in [-0.15, -0.1) is 0 Å². The lowest BCUT2D eigenvalue weighted by Crippen LogP contribution is -2.37. The normalized spacial score (nSPS) is 16.1. The maximum atomic E-state index is 13.1. The average Bonchev–Trinajstić information content (AvgIpc) is 3.07. The van der Waals surface area contributed by atoms with Crippen molar-refractivity contribution in [1.82, 2.24) is 0 Å². The average molecular weight is 309 g/mol. The lowest BCUT2D eigenvalue weighted by Gasteiger charge is -2.28. The Morgan fingerprint density at radius 3 is 2.39 bits per heavy atom. The van der Waals surface area contributed by atoms with E-state index >= 15 is 0 Å². The zero-order valence-corrected chi connectivity index (χ0v) is 13.8. The van der Waals surface area contributed by atoms with Gasteiger partial charge in [0.1, 0.15) is 5.75 Å². The Kier molecular flexibility index (Phi) is 4.37. The summed E-state index contributed by atoms with van der Waals surface area (Å²) in [5.41, 5.74) is 2.58. The lowest BCUT2D eigenvalue weighted by molar-refractivity contribution is -0.121. The smallest absolute Gasteiger partial charge is 0.235 e. The Balaban J connectivity index is 1.87. The van der Waals surface area contributed by atoms with Gasteiger partial charge in [-0.2, -0.15) is 0 Å². The molecular weight excluding hydrogens is 286 g/mol. The van der Waals surface area contributed by atoms with Crippen molar-refractivity contribution < 1.29 is 9.53 Å². The second-order valence-corrected chi connectivity index (χ2v) is 6.29. The van der Waals surface area contributed by atoms with E-state index in [0.29, 0.717) is 0 Å². The van der Waals surface area contributed by atoms with Gasteiger partial charge in [0.15, 0.2) is 0 Å². The molecule has 3 nitrogen and oxygen atoms in total. The molecule has 0 aliphatic heterocycles. The Hall–Kier alpha value is -2.29. The monoisotopic (exact) mass is 309 g/mol. The number of methoxy groups -OCH3 is 1. The zero-order chi connectivity index (χ0) is 16.3. The van der Waals surface area contributed by atoms with E-state index in [1.165, 1.54) is 0 Å². The summed E-state index contributed by atoms with van der Waals surface area (Å²) in [6, 6.07) is 15.9. The van der Waals surface area contributed by atoms with Gasteiger partial charge in [0.25, 0.3) is 0 Å². The van der Waals surface area contributed by atoms with Gasteiger partial charge >= 0.3 is 0 Å². The largest absolute Gasteiger partial charge is 0.496 e. The molecule has 1 saturated carbocycles. The van der Waals surface area contributed by atoms with Crippen LogP contribution in [0, 0.1) is 6.92 Å². The highest BCUT2D eigenvalue weighted by Gasteiger charge is 2.42. The molecule has 1 N–H and O–H groups in total. The van der Waals surface area contributed by atoms with Crippen LogP contribution in [0.5, 0.6) is 5.75 Å². The Morgan fingerprint density at radius 2 is 1.78 bits per heavy atom. The molecule has 0 aromatic heterocycles. The fourth-order valence-corrected chi connectivity index (χ4v) is 3.59. The van der Waals surface area contributed by atoms with Gasteiger partial charge in [0.2, 0.25) is 5.91 Å². The van der Waals surface area contributed by atoms with Gasteiger partial charge in [-0.1, -0.05) is 43.2 Å². The molecule has 2 aromatic carbocycles. The molecule has 3 heteroatoms. The first-order chi connectivity index (χ1) is 11.2. The number of carbonyl (C=O) groups is 1. The summed E-state index contributed by atoms with van der Waals surface area (Å²) < 4.78 is 5.28. The second kappa shape index (κ2) is 6.45. The molecule has 3 rings (SSSR count). The van der Waals surface area contributed by atoms with Crippen LogP contribution >= 0.6 is 0 Å². The summed E-state index contributed by atoms with van der Waals surface area (Å²) in [7, 11) is 1.66. The van der Waals surface area contributed by atoms with E-state index in [2.05, 4.69) is 17.4 Å². The van der Waals surface area contributed by atoms with Gasteiger partial charge in [-0.3, -0.25) is 4.79 Å². The van der Waals surface area contributed by atoms with Crippen LogP contribution in [0.1, 0.15) is 36.8 Å². The number of aryl methyl sites for hydroxylation is 1. The first-order valence-corrected chi connectivity index (χ1v) is 8.17. The molecule has 0 saturated heterocycles. The molecule has 0 atom stereocenters. The second-order valence-electron chi connectivity index (χ2n) is 6.29. The van der Waals surface area contributed by atoms with Crippen LogP contribution in [0.2, 0.25) is 0 Å². The Bertz CT molecular complexity index is 688. The Morgan fingerprint density at radius 1 is 1.09 bits per heavy atom. The number of rotatable bonds is 4. The molecule has 0 heterocycles. The van der Waals surface area contributed by atoms with Crippen LogP contribution in [-0.4, -0.2) is 13.0 Å². The summed E-state index contributed by atoms with van der Waals surface area (Å²) in [5, 5.41) is 3.12. The zero-order valence-electron chi connectivity index (χ0n) is 13.8. The number of amides is 1. The van der Waals surface area contributed by atoms with Gasteiger partial charge in [0, 0.05) is 5.69 Å². The summed E-state index contributed by atoms with van der Waals surface area (Å²) >= 11 is 0. The van der Waals surface area contributed by atoms with Crippen molar-refractivity contribution in [2.75, 3.05) is 12.4 Å². The van der Waals surface area contributed by atoms with Gasteiger partial charge in [0.05, 0.1) is 12.5 Å². The SMILES string of the molecule is COc1ccc(NC(=O)C2(c3ccccc3)CCCC2)cc1C. The highest BCUT2D eigenvalue weighted by Crippen LogP contribution is 2.42. The number of nitrogens with one attached hydrogen (secondary N) is 1. The number of anilines is 1. The summed E-state index contributed by atoms with van der Waals surface area (Å²) in [6.45, 7) is 1.98. The minimum atomic E-state index is -0.394. The molecule has 0 spiro atoms. The van der Waals surface area contributed by atoms with Crippen molar-refractivity contribution in [3.8, 4) is 5.75 Å². The van der Waals surface area contributed by atoms with Crippen molar-refractivity contribution in [2.24, 2.45) is 0 Å². The third-order valence-electron chi connectivity index (χ3n) is 4.87. The summed E-state index contributed by atoms with van der Waals surface area (Å²) in [6.07, 6.45) is 4.03. The molecule has 1 aliphatic carbocycles. The van der Waals surface area contributed by atoms with Crippen LogP contribution in [0.15, 0.2) is 48.5 Å². The number of ether oxygens (including phenoxy) is 1. The minimum Gasteiger partial charge on any atom is -0.496 e. The number of benzene rings is 2. The van der Waals surface area contributed by atoms with Crippen LogP contribution < -0.4 is 10.1 Å². The maximum Gasteiger partial charge on any atom is 0.235 e. The highest BCUT2D eigenvalue weighted by atomic mass is 16.5.